The van der Waals surface area contributed by atoms with Gasteiger partial charge in [-0.25, -0.2) is 17.5 Å². The maximum Gasteiger partial charge on any atom is 0.240 e. The molecule has 0 unspecified atom stereocenters. The monoisotopic (exact) mass is 374 g/mol. The molecule has 0 fully saturated rings. The number of hydrogen-bond acceptors (Lipinski definition) is 3. The van der Waals surface area contributed by atoms with E-state index in [0.29, 0.717) is 12.3 Å². The van der Waals surface area contributed by atoms with Crippen LogP contribution in [0.25, 0.3) is 0 Å². The van der Waals surface area contributed by atoms with E-state index < -0.39 is 10.0 Å². The van der Waals surface area contributed by atoms with Crippen LogP contribution in [0, 0.1) is 5.82 Å². The molecule has 26 heavy (non-hydrogen) atoms. The predicted octanol–water partition coefficient (Wildman–Crippen LogP) is 3.16. The second-order valence-electron chi connectivity index (χ2n) is 5.76. The van der Waals surface area contributed by atoms with Crippen molar-refractivity contribution in [1.29, 1.82) is 0 Å². The first-order chi connectivity index (χ1) is 12.5. The van der Waals surface area contributed by atoms with E-state index in [2.05, 4.69) is 4.72 Å². The summed E-state index contributed by atoms with van der Waals surface area (Å²) in [5.74, 6) is 0.296. The first kappa shape index (κ1) is 18.2. The second-order valence-corrected chi connectivity index (χ2v) is 7.52. The van der Waals surface area contributed by atoms with Crippen LogP contribution in [0.2, 0.25) is 0 Å². The van der Waals surface area contributed by atoms with Crippen LogP contribution in [-0.2, 0) is 23.1 Å². The predicted molar refractivity (Wildman–Crippen MR) is 97.0 cm³/mol. The summed E-state index contributed by atoms with van der Waals surface area (Å²) in [7, 11) is -2.11. The van der Waals surface area contributed by atoms with E-state index in [-0.39, 0.29) is 17.3 Å². The fraction of sp³-hybridized carbons (Fsp3) is 0.158. The summed E-state index contributed by atoms with van der Waals surface area (Å²) in [5.41, 5.74) is 1.59. The van der Waals surface area contributed by atoms with E-state index in [1.165, 1.54) is 31.4 Å². The van der Waals surface area contributed by atoms with E-state index >= 15 is 0 Å². The Morgan fingerprint density at radius 2 is 1.85 bits per heavy atom. The number of rotatable bonds is 7. The lowest BCUT2D eigenvalue weighted by molar-refractivity contribution is 0.414. The first-order valence-corrected chi connectivity index (χ1v) is 9.48. The number of sulfonamides is 1. The average Bonchev–Trinajstić information content (AvgIpc) is 3.07. The van der Waals surface area contributed by atoms with Crippen LogP contribution in [0.3, 0.4) is 0 Å². The Labute approximate surface area is 152 Å². The first-order valence-electron chi connectivity index (χ1n) is 8.00. The summed E-state index contributed by atoms with van der Waals surface area (Å²) >= 11 is 0. The largest absolute Gasteiger partial charge is 0.497 e. The highest BCUT2D eigenvalue weighted by atomic mass is 32.2. The fourth-order valence-corrected chi connectivity index (χ4v) is 3.60. The zero-order valence-corrected chi connectivity index (χ0v) is 15.0. The molecule has 0 aliphatic carbocycles. The van der Waals surface area contributed by atoms with Crippen molar-refractivity contribution >= 4 is 10.0 Å². The summed E-state index contributed by atoms with van der Waals surface area (Å²) in [6.45, 7) is 0.598. The summed E-state index contributed by atoms with van der Waals surface area (Å²) in [5, 5.41) is 0. The van der Waals surface area contributed by atoms with Crippen LogP contribution in [0.4, 0.5) is 4.39 Å². The Bertz CT molecular complexity index is 982. The van der Waals surface area contributed by atoms with Crippen LogP contribution >= 0.6 is 0 Å². The number of hydrogen-bond donors (Lipinski definition) is 1. The quantitative estimate of drug-likeness (QED) is 0.691. The van der Waals surface area contributed by atoms with E-state index in [1.807, 2.05) is 29.0 Å². The Morgan fingerprint density at radius 3 is 2.54 bits per heavy atom. The molecule has 7 heteroatoms. The molecule has 0 bridgehead atoms. The summed E-state index contributed by atoms with van der Waals surface area (Å²) < 4.78 is 47.7. The topological polar surface area (TPSA) is 60.3 Å². The minimum absolute atomic E-state index is 0.136. The highest BCUT2D eigenvalue weighted by molar-refractivity contribution is 7.89. The van der Waals surface area contributed by atoms with Gasteiger partial charge in [0.2, 0.25) is 10.0 Å². The third-order valence-electron chi connectivity index (χ3n) is 3.98. The number of benzene rings is 2. The van der Waals surface area contributed by atoms with Crippen LogP contribution in [0.15, 0.2) is 71.8 Å². The number of nitrogens with one attached hydrogen (secondary N) is 1. The molecule has 0 amide bonds. The van der Waals surface area contributed by atoms with Crippen molar-refractivity contribution in [3.63, 3.8) is 0 Å². The molecule has 5 nitrogen and oxygen atoms in total. The third kappa shape index (κ3) is 4.30. The maximum atomic E-state index is 13.3. The maximum absolute atomic E-state index is 13.3. The van der Waals surface area contributed by atoms with Gasteiger partial charge in [-0.2, -0.15) is 0 Å². The average molecular weight is 374 g/mol. The highest BCUT2D eigenvalue weighted by Gasteiger charge is 2.14. The molecule has 136 valence electrons. The normalized spacial score (nSPS) is 11.5. The Kier molecular flexibility index (Phi) is 5.39. The standard InChI is InChI=1S/C19H19FN2O3S/c1-25-18-7-9-19(10-8-18)26(23,24)21-13-17-6-3-11-22(17)14-15-4-2-5-16(20)12-15/h2-12,21H,13-14H2,1H3. The molecule has 0 spiro atoms. The van der Waals surface area contributed by atoms with Crippen molar-refractivity contribution in [1.82, 2.24) is 9.29 Å². The minimum Gasteiger partial charge on any atom is -0.497 e. The SMILES string of the molecule is COc1ccc(S(=O)(=O)NCc2cccn2Cc2cccc(F)c2)cc1. The van der Waals surface area contributed by atoms with Crippen molar-refractivity contribution in [2.75, 3.05) is 7.11 Å². The van der Waals surface area contributed by atoms with Crippen LogP contribution in [0.1, 0.15) is 11.3 Å². The fourth-order valence-electron chi connectivity index (χ4n) is 2.60. The molecule has 3 rings (SSSR count). The van der Waals surface area contributed by atoms with Crippen molar-refractivity contribution in [2.45, 2.75) is 18.0 Å². The number of nitrogens with zero attached hydrogens (tertiary/aromatic N) is 1. The van der Waals surface area contributed by atoms with Crippen molar-refractivity contribution in [3.8, 4) is 5.75 Å². The van der Waals surface area contributed by atoms with Crippen LogP contribution in [0.5, 0.6) is 5.75 Å². The summed E-state index contributed by atoms with van der Waals surface area (Å²) in [4.78, 5) is 0.168. The molecule has 1 aromatic heterocycles. The van der Waals surface area contributed by atoms with E-state index in [0.717, 1.165) is 11.3 Å². The molecular formula is C19H19FN2O3S. The highest BCUT2D eigenvalue weighted by Crippen LogP contribution is 2.16. The molecule has 0 saturated heterocycles. The van der Waals surface area contributed by atoms with Gasteiger partial charge in [-0.1, -0.05) is 12.1 Å². The molecule has 0 radical (unpaired) electrons. The van der Waals surface area contributed by atoms with Crippen molar-refractivity contribution in [3.05, 3.63) is 83.9 Å². The summed E-state index contributed by atoms with van der Waals surface area (Å²) in [6.07, 6.45) is 1.84. The number of halogens is 1. The lowest BCUT2D eigenvalue weighted by Crippen LogP contribution is -2.24. The number of aromatic nitrogens is 1. The van der Waals surface area contributed by atoms with E-state index in [9.17, 15) is 12.8 Å². The zero-order chi connectivity index (χ0) is 18.6. The number of ether oxygens (including phenoxy) is 1. The Hall–Kier alpha value is -2.64. The van der Waals surface area contributed by atoms with Gasteiger partial charge in [-0.15, -0.1) is 0 Å². The molecule has 0 aliphatic heterocycles. The van der Waals surface area contributed by atoms with E-state index in [4.69, 9.17) is 4.74 Å². The van der Waals surface area contributed by atoms with Crippen LogP contribution in [-0.4, -0.2) is 20.1 Å². The van der Waals surface area contributed by atoms with Crippen LogP contribution < -0.4 is 9.46 Å². The minimum atomic E-state index is -3.64. The van der Waals surface area contributed by atoms with Gasteiger partial charge in [-0.05, 0) is 54.1 Å². The van der Waals surface area contributed by atoms with Gasteiger partial charge in [-0.3, -0.25) is 0 Å². The Morgan fingerprint density at radius 1 is 1.08 bits per heavy atom. The molecule has 1 N–H and O–H groups in total. The van der Waals surface area contributed by atoms with Gasteiger partial charge in [0.05, 0.1) is 18.6 Å². The molecule has 3 aromatic rings. The van der Waals surface area contributed by atoms with Crippen molar-refractivity contribution in [2.24, 2.45) is 0 Å². The third-order valence-corrected chi connectivity index (χ3v) is 5.40. The summed E-state index contributed by atoms with van der Waals surface area (Å²) in [6, 6.07) is 16.2. The smallest absolute Gasteiger partial charge is 0.240 e. The van der Waals surface area contributed by atoms with E-state index in [1.54, 1.807) is 18.2 Å². The van der Waals surface area contributed by atoms with Gasteiger partial charge in [0, 0.05) is 18.4 Å². The number of methoxy groups -OCH3 is 1. The molecule has 0 aliphatic rings. The molecule has 0 saturated carbocycles. The second kappa shape index (κ2) is 7.72. The molecular weight excluding hydrogens is 355 g/mol. The van der Waals surface area contributed by atoms with Gasteiger partial charge in [0.1, 0.15) is 11.6 Å². The molecule has 1 heterocycles. The lowest BCUT2D eigenvalue weighted by Gasteiger charge is -2.11. The van der Waals surface area contributed by atoms with Gasteiger partial charge < -0.3 is 9.30 Å². The van der Waals surface area contributed by atoms with Gasteiger partial charge in [0.25, 0.3) is 0 Å². The van der Waals surface area contributed by atoms with Gasteiger partial charge in [0.15, 0.2) is 0 Å². The molecule has 2 aromatic carbocycles. The zero-order valence-electron chi connectivity index (χ0n) is 14.2. The lowest BCUT2D eigenvalue weighted by atomic mass is 10.2. The Balaban J connectivity index is 1.70. The van der Waals surface area contributed by atoms with Gasteiger partial charge >= 0.3 is 0 Å². The molecule has 0 atom stereocenters. The van der Waals surface area contributed by atoms with Crippen molar-refractivity contribution < 1.29 is 17.5 Å².